The van der Waals surface area contributed by atoms with Gasteiger partial charge in [-0.3, -0.25) is 4.99 Å². The highest BCUT2D eigenvalue weighted by atomic mass is 16.5. The van der Waals surface area contributed by atoms with Gasteiger partial charge in [0.05, 0.1) is 7.11 Å². The van der Waals surface area contributed by atoms with Crippen LogP contribution in [0.1, 0.15) is 16.7 Å². The topological polar surface area (TPSA) is 62.0 Å². The summed E-state index contributed by atoms with van der Waals surface area (Å²) >= 11 is 0. The molecule has 0 aromatic heterocycles. The van der Waals surface area contributed by atoms with Crippen molar-refractivity contribution in [3.8, 4) is 17.2 Å². The second-order valence-corrected chi connectivity index (χ2v) is 4.61. The Morgan fingerprint density at radius 1 is 1.10 bits per heavy atom. The number of para-hydroxylation sites is 1. The molecule has 0 unspecified atom stereocenters. The average molecular weight is 271 g/mol. The Hall–Kier alpha value is -2.49. The summed E-state index contributed by atoms with van der Waals surface area (Å²) in [5.41, 5.74) is 2.79. The second-order valence-electron chi connectivity index (χ2n) is 4.61. The minimum absolute atomic E-state index is 0.0302. The van der Waals surface area contributed by atoms with Crippen LogP contribution in [0.15, 0.2) is 35.3 Å². The summed E-state index contributed by atoms with van der Waals surface area (Å²) in [6.07, 6.45) is 1.51. The van der Waals surface area contributed by atoms with E-state index in [1.807, 2.05) is 19.9 Å². The zero-order chi connectivity index (χ0) is 14.7. The van der Waals surface area contributed by atoms with E-state index in [0.29, 0.717) is 17.0 Å². The van der Waals surface area contributed by atoms with Gasteiger partial charge in [0, 0.05) is 11.8 Å². The number of benzene rings is 2. The second kappa shape index (κ2) is 5.65. The molecule has 0 fully saturated rings. The Balaban J connectivity index is 2.40. The Labute approximate surface area is 118 Å². The number of phenols is 2. The van der Waals surface area contributed by atoms with Gasteiger partial charge in [-0.25, -0.2) is 0 Å². The maximum atomic E-state index is 9.97. The zero-order valence-corrected chi connectivity index (χ0v) is 11.7. The van der Waals surface area contributed by atoms with E-state index in [1.165, 1.54) is 13.3 Å². The van der Waals surface area contributed by atoms with E-state index in [9.17, 15) is 10.2 Å². The minimum atomic E-state index is 0.0302. The summed E-state index contributed by atoms with van der Waals surface area (Å²) in [5, 5.41) is 19.9. The van der Waals surface area contributed by atoms with Crippen molar-refractivity contribution in [2.75, 3.05) is 7.11 Å². The molecule has 0 saturated carbocycles. The van der Waals surface area contributed by atoms with Crippen molar-refractivity contribution in [1.82, 2.24) is 0 Å². The molecule has 0 atom stereocenters. The molecule has 0 saturated heterocycles. The first-order chi connectivity index (χ1) is 9.52. The van der Waals surface area contributed by atoms with Crippen molar-refractivity contribution >= 4 is 11.9 Å². The van der Waals surface area contributed by atoms with Crippen LogP contribution < -0.4 is 4.74 Å². The molecule has 0 aliphatic carbocycles. The first-order valence-electron chi connectivity index (χ1n) is 6.23. The largest absolute Gasteiger partial charge is 0.505 e. The number of ether oxygens (including phenoxy) is 1. The summed E-state index contributed by atoms with van der Waals surface area (Å²) in [6, 6.07) is 8.83. The molecule has 20 heavy (non-hydrogen) atoms. The molecule has 2 N–H and O–H groups in total. The summed E-state index contributed by atoms with van der Waals surface area (Å²) in [4.78, 5) is 4.24. The molecule has 4 heteroatoms. The molecule has 2 rings (SSSR count). The van der Waals surface area contributed by atoms with E-state index in [1.54, 1.807) is 24.3 Å². The molecule has 0 heterocycles. The van der Waals surface area contributed by atoms with Gasteiger partial charge in [0.15, 0.2) is 11.5 Å². The average Bonchev–Trinajstić information content (AvgIpc) is 2.42. The highest BCUT2D eigenvalue weighted by Crippen LogP contribution is 2.32. The molecule has 2 aromatic carbocycles. The van der Waals surface area contributed by atoms with Crippen LogP contribution in [0.3, 0.4) is 0 Å². The van der Waals surface area contributed by atoms with Gasteiger partial charge >= 0.3 is 0 Å². The third-order valence-electron chi connectivity index (χ3n) is 3.02. The quantitative estimate of drug-likeness (QED) is 0.840. The highest BCUT2D eigenvalue weighted by molar-refractivity contribution is 5.87. The van der Waals surface area contributed by atoms with Gasteiger partial charge in [-0.05, 0) is 43.2 Å². The first-order valence-corrected chi connectivity index (χ1v) is 6.23. The number of hydrogen-bond acceptors (Lipinski definition) is 4. The van der Waals surface area contributed by atoms with Crippen LogP contribution >= 0.6 is 0 Å². The molecule has 2 aromatic rings. The molecule has 104 valence electrons. The lowest BCUT2D eigenvalue weighted by Gasteiger charge is -2.06. The van der Waals surface area contributed by atoms with E-state index < -0.39 is 0 Å². The lowest BCUT2D eigenvalue weighted by Crippen LogP contribution is -1.88. The van der Waals surface area contributed by atoms with Crippen molar-refractivity contribution < 1.29 is 14.9 Å². The number of methoxy groups -OCH3 is 1. The van der Waals surface area contributed by atoms with Crippen LogP contribution in [0.5, 0.6) is 17.2 Å². The van der Waals surface area contributed by atoms with Gasteiger partial charge in [0.2, 0.25) is 0 Å². The molecule has 0 bridgehead atoms. The van der Waals surface area contributed by atoms with E-state index in [0.717, 1.165) is 11.1 Å². The molecular weight excluding hydrogens is 254 g/mol. The minimum Gasteiger partial charge on any atom is -0.505 e. The maximum Gasteiger partial charge on any atom is 0.166 e. The number of aromatic hydroxyl groups is 2. The fourth-order valence-electron chi connectivity index (χ4n) is 1.98. The van der Waals surface area contributed by atoms with Crippen LogP contribution in [-0.2, 0) is 0 Å². The van der Waals surface area contributed by atoms with Gasteiger partial charge in [0.1, 0.15) is 11.4 Å². The Morgan fingerprint density at radius 3 is 2.55 bits per heavy atom. The van der Waals surface area contributed by atoms with Crippen molar-refractivity contribution in [3.63, 3.8) is 0 Å². The SMILES string of the molecule is COc1cccc(C=Nc2cc(C)cc(C)c2O)c1O. The van der Waals surface area contributed by atoms with Crippen LogP contribution in [0.2, 0.25) is 0 Å². The third-order valence-corrected chi connectivity index (χ3v) is 3.02. The molecule has 4 nitrogen and oxygen atoms in total. The molecule has 0 spiro atoms. The van der Waals surface area contributed by atoms with Crippen LogP contribution in [-0.4, -0.2) is 23.5 Å². The highest BCUT2D eigenvalue weighted by Gasteiger charge is 2.07. The normalized spacial score (nSPS) is 10.9. The number of phenolic OH excluding ortho intramolecular Hbond substituents is 2. The number of rotatable bonds is 3. The van der Waals surface area contributed by atoms with Crippen molar-refractivity contribution in [2.24, 2.45) is 4.99 Å². The maximum absolute atomic E-state index is 9.97. The summed E-state index contributed by atoms with van der Waals surface area (Å²) in [5.74, 6) is 0.565. The summed E-state index contributed by atoms with van der Waals surface area (Å²) < 4.78 is 5.04. The third kappa shape index (κ3) is 2.74. The summed E-state index contributed by atoms with van der Waals surface area (Å²) in [7, 11) is 1.49. The lowest BCUT2D eigenvalue weighted by molar-refractivity contribution is 0.373. The first kappa shape index (κ1) is 13.9. The fraction of sp³-hybridized carbons (Fsp3) is 0.188. The van der Waals surface area contributed by atoms with E-state index in [2.05, 4.69) is 4.99 Å². The lowest BCUT2D eigenvalue weighted by atomic mass is 10.1. The molecule has 0 radical (unpaired) electrons. The van der Waals surface area contributed by atoms with E-state index in [4.69, 9.17) is 4.74 Å². The van der Waals surface area contributed by atoms with Crippen molar-refractivity contribution in [2.45, 2.75) is 13.8 Å². The van der Waals surface area contributed by atoms with Crippen molar-refractivity contribution in [3.05, 3.63) is 47.0 Å². The summed E-state index contributed by atoms with van der Waals surface area (Å²) in [6.45, 7) is 3.76. The van der Waals surface area contributed by atoms with Gasteiger partial charge < -0.3 is 14.9 Å². The van der Waals surface area contributed by atoms with Gasteiger partial charge in [0.25, 0.3) is 0 Å². The van der Waals surface area contributed by atoms with Gasteiger partial charge in [-0.15, -0.1) is 0 Å². The van der Waals surface area contributed by atoms with Crippen LogP contribution in [0, 0.1) is 13.8 Å². The molecule has 0 aliphatic heterocycles. The molecule has 0 aliphatic rings. The van der Waals surface area contributed by atoms with Crippen molar-refractivity contribution in [1.29, 1.82) is 0 Å². The van der Waals surface area contributed by atoms with Gasteiger partial charge in [-0.1, -0.05) is 12.1 Å². The standard InChI is InChI=1S/C16H17NO3/c1-10-7-11(2)15(18)13(8-10)17-9-12-5-4-6-14(20-3)16(12)19/h4-9,18-19H,1-3H3. The number of aryl methyl sites for hydroxylation is 2. The molecular formula is C16H17NO3. The number of hydrogen-bond donors (Lipinski definition) is 2. The van der Waals surface area contributed by atoms with E-state index in [-0.39, 0.29) is 11.5 Å². The predicted octanol–water partition coefficient (Wildman–Crippen LogP) is 3.47. The Kier molecular flexibility index (Phi) is 3.94. The molecule has 0 amide bonds. The Morgan fingerprint density at radius 2 is 1.85 bits per heavy atom. The Bertz CT molecular complexity index is 663. The van der Waals surface area contributed by atoms with Crippen LogP contribution in [0.4, 0.5) is 5.69 Å². The number of nitrogens with zero attached hydrogens (tertiary/aromatic N) is 1. The fourth-order valence-corrected chi connectivity index (χ4v) is 1.98. The predicted molar refractivity (Wildman–Crippen MR) is 79.5 cm³/mol. The van der Waals surface area contributed by atoms with E-state index >= 15 is 0 Å². The number of aliphatic imine (C=N–C) groups is 1. The monoisotopic (exact) mass is 271 g/mol. The zero-order valence-electron chi connectivity index (χ0n) is 11.7. The smallest absolute Gasteiger partial charge is 0.166 e. The van der Waals surface area contributed by atoms with Gasteiger partial charge in [-0.2, -0.15) is 0 Å². The van der Waals surface area contributed by atoms with Crippen LogP contribution in [0.25, 0.3) is 0 Å².